The van der Waals surface area contributed by atoms with Crippen molar-refractivity contribution in [3.05, 3.63) is 130 Å². The van der Waals surface area contributed by atoms with Crippen LogP contribution in [0.25, 0.3) is 0 Å². The number of hydrogen-bond acceptors (Lipinski definition) is 4. The summed E-state index contributed by atoms with van der Waals surface area (Å²) >= 11 is 3.46. The molecule has 0 saturated carbocycles. The lowest BCUT2D eigenvalue weighted by Gasteiger charge is -2.34. The molecule has 1 atom stereocenters. The molecule has 0 aliphatic rings. The Labute approximate surface area is 269 Å². The fourth-order valence-electron chi connectivity index (χ4n) is 4.72. The van der Waals surface area contributed by atoms with Crippen LogP contribution in [-0.2, 0) is 32.6 Å². The van der Waals surface area contributed by atoms with Gasteiger partial charge in [0.15, 0.2) is 0 Å². The van der Waals surface area contributed by atoms with Gasteiger partial charge in [-0.3, -0.25) is 13.9 Å². The molecule has 4 aromatic rings. The Hall–Kier alpha value is -3.95. The molecule has 1 N–H and O–H groups in total. The summed E-state index contributed by atoms with van der Waals surface area (Å²) in [5, 5.41) is 3.01. The van der Waals surface area contributed by atoms with Crippen LogP contribution >= 0.6 is 15.9 Å². The van der Waals surface area contributed by atoms with Gasteiger partial charge >= 0.3 is 0 Å². The van der Waals surface area contributed by atoms with Crippen molar-refractivity contribution < 1.29 is 18.0 Å². The second-order valence-electron chi connectivity index (χ2n) is 11.2. The highest BCUT2D eigenvalue weighted by molar-refractivity contribution is 9.10. The van der Waals surface area contributed by atoms with Crippen LogP contribution in [0.1, 0.15) is 30.5 Å². The second-order valence-corrected chi connectivity index (χ2v) is 13.9. The molecule has 0 fully saturated rings. The van der Waals surface area contributed by atoms with Crippen LogP contribution in [0.15, 0.2) is 119 Å². The average Bonchev–Trinajstić information content (AvgIpc) is 3.02. The van der Waals surface area contributed by atoms with Gasteiger partial charge in [-0.25, -0.2) is 8.42 Å². The van der Waals surface area contributed by atoms with E-state index in [0.29, 0.717) is 12.2 Å². The van der Waals surface area contributed by atoms with Crippen molar-refractivity contribution in [3.63, 3.8) is 0 Å². The van der Waals surface area contributed by atoms with Crippen molar-refractivity contribution in [1.82, 2.24) is 10.2 Å². The van der Waals surface area contributed by atoms with E-state index in [-0.39, 0.29) is 29.7 Å². The number of nitrogens with zero attached hydrogens (tertiary/aromatic N) is 2. The molecule has 0 bridgehead atoms. The fraction of sp³-hybridized carbons (Fsp3) is 0.257. The van der Waals surface area contributed by atoms with E-state index in [1.807, 2.05) is 87.5 Å². The summed E-state index contributed by atoms with van der Waals surface area (Å²) in [6.07, 6.45) is 0.267. The van der Waals surface area contributed by atoms with Crippen LogP contribution < -0.4 is 9.62 Å². The maximum absolute atomic E-state index is 14.4. The van der Waals surface area contributed by atoms with Gasteiger partial charge in [-0.2, -0.15) is 0 Å². The SMILES string of the molecule is Cc1ccc(N(CC(=O)N(Cc2ccc(Br)cc2)[C@@H](Cc2ccccc2)C(=O)NCC(C)C)S(=O)(=O)c2ccccc2)cc1. The molecule has 0 spiro atoms. The van der Waals surface area contributed by atoms with E-state index in [1.54, 1.807) is 30.3 Å². The Bertz CT molecular complexity index is 1630. The third-order valence-electron chi connectivity index (χ3n) is 7.15. The molecule has 0 aliphatic carbocycles. The van der Waals surface area contributed by atoms with Crippen LogP contribution in [0.3, 0.4) is 0 Å². The van der Waals surface area contributed by atoms with Gasteiger partial charge in [0, 0.05) is 24.0 Å². The van der Waals surface area contributed by atoms with Gasteiger partial charge in [-0.15, -0.1) is 0 Å². The minimum absolute atomic E-state index is 0.0725. The number of amides is 2. The molecule has 2 amide bonds. The fourth-order valence-corrected chi connectivity index (χ4v) is 6.42. The first-order chi connectivity index (χ1) is 21.0. The number of halogens is 1. The van der Waals surface area contributed by atoms with E-state index in [1.165, 1.54) is 17.0 Å². The predicted octanol–water partition coefficient (Wildman–Crippen LogP) is 6.37. The summed E-state index contributed by atoms with van der Waals surface area (Å²) in [6.45, 7) is 6.00. The number of benzene rings is 4. The Kier molecular flexibility index (Phi) is 11.4. The number of sulfonamides is 1. The standard InChI is InChI=1S/C35H38BrN3O4S/c1-26(2)23-37-35(41)33(22-28-10-6-4-7-11-28)38(24-29-16-18-30(36)19-17-29)34(40)25-39(31-20-14-27(3)15-21-31)44(42,43)32-12-8-5-9-13-32/h4-21,26,33H,22-25H2,1-3H3,(H,37,41)/t33-/m0/s1. The first-order valence-electron chi connectivity index (χ1n) is 14.5. The Balaban J connectivity index is 1.78. The zero-order valence-corrected chi connectivity index (χ0v) is 27.6. The average molecular weight is 677 g/mol. The number of hydrogen-bond donors (Lipinski definition) is 1. The van der Waals surface area contributed by atoms with Crippen molar-refractivity contribution in [2.24, 2.45) is 5.92 Å². The lowest BCUT2D eigenvalue weighted by Crippen LogP contribution is -2.53. The zero-order valence-electron chi connectivity index (χ0n) is 25.2. The summed E-state index contributed by atoms with van der Waals surface area (Å²) < 4.78 is 30.0. The van der Waals surface area contributed by atoms with Gasteiger partial charge < -0.3 is 10.2 Å². The number of nitrogens with one attached hydrogen (secondary N) is 1. The molecule has 0 aliphatic heterocycles. The van der Waals surface area contributed by atoms with Crippen LogP contribution in [0.5, 0.6) is 0 Å². The summed E-state index contributed by atoms with van der Waals surface area (Å²) in [4.78, 5) is 29.8. The maximum Gasteiger partial charge on any atom is 0.264 e. The van der Waals surface area contributed by atoms with E-state index >= 15 is 0 Å². The minimum atomic E-state index is -4.12. The lowest BCUT2D eigenvalue weighted by atomic mass is 10.0. The van der Waals surface area contributed by atoms with Gasteiger partial charge in [-0.05, 0) is 60.4 Å². The monoisotopic (exact) mass is 675 g/mol. The van der Waals surface area contributed by atoms with Gasteiger partial charge in [-0.1, -0.05) is 108 Å². The number of rotatable bonds is 13. The van der Waals surface area contributed by atoms with Crippen LogP contribution in [0.4, 0.5) is 5.69 Å². The molecule has 44 heavy (non-hydrogen) atoms. The van der Waals surface area contributed by atoms with Gasteiger partial charge in [0.05, 0.1) is 10.6 Å². The van der Waals surface area contributed by atoms with Crippen molar-refractivity contribution in [2.45, 2.75) is 44.7 Å². The van der Waals surface area contributed by atoms with E-state index in [0.717, 1.165) is 25.5 Å². The molecule has 4 aromatic carbocycles. The van der Waals surface area contributed by atoms with E-state index in [4.69, 9.17) is 0 Å². The van der Waals surface area contributed by atoms with Gasteiger partial charge in [0.25, 0.3) is 10.0 Å². The molecule has 0 saturated heterocycles. The van der Waals surface area contributed by atoms with Crippen molar-refractivity contribution in [1.29, 1.82) is 0 Å². The highest BCUT2D eigenvalue weighted by Crippen LogP contribution is 2.25. The minimum Gasteiger partial charge on any atom is -0.354 e. The Morgan fingerprint density at radius 1 is 0.795 bits per heavy atom. The normalized spacial score (nSPS) is 12.0. The van der Waals surface area contributed by atoms with Gasteiger partial charge in [0.2, 0.25) is 11.8 Å². The van der Waals surface area contributed by atoms with Crippen LogP contribution in [0.2, 0.25) is 0 Å². The summed E-state index contributed by atoms with van der Waals surface area (Å²) in [5.74, 6) is -0.575. The number of anilines is 1. The molecule has 9 heteroatoms. The lowest BCUT2D eigenvalue weighted by molar-refractivity contribution is -0.140. The number of carbonyl (C=O) groups is 2. The second kappa shape index (κ2) is 15.2. The van der Waals surface area contributed by atoms with Crippen molar-refractivity contribution in [2.75, 3.05) is 17.4 Å². The van der Waals surface area contributed by atoms with E-state index in [2.05, 4.69) is 21.2 Å². The molecule has 4 rings (SSSR count). The zero-order chi connectivity index (χ0) is 31.7. The van der Waals surface area contributed by atoms with Crippen molar-refractivity contribution in [3.8, 4) is 0 Å². The largest absolute Gasteiger partial charge is 0.354 e. The van der Waals surface area contributed by atoms with E-state index in [9.17, 15) is 18.0 Å². The topological polar surface area (TPSA) is 86.8 Å². The molecular weight excluding hydrogens is 638 g/mol. The quantitative estimate of drug-likeness (QED) is 0.179. The first kappa shape index (κ1) is 33.0. The summed E-state index contributed by atoms with van der Waals surface area (Å²) in [6, 6.07) is 31.2. The molecule has 230 valence electrons. The first-order valence-corrected chi connectivity index (χ1v) is 16.8. The molecule has 0 unspecified atom stereocenters. The highest BCUT2D eigenvalue weighted by atomic mass is 79.9. The molecule has 0 heterocycles. The Morgan fingerprint density at radius 2 is 1.39 bits per heavy atom. The molecule has 7 nitrogen and oxygen atoms in total. The summed E-state index contributed by atoms with van der Waals surface area (Å²) in [7, 11) is -4.12. The smallest absolute Gasteiger partial charge is 0.264 e. The third-order valence-corrected chi connectivity index (χ3v) is 9.47. The van der Waals surface area contributed by atoms with Crippen LogP contribution in [-0.4, -0.2) is 44.3 Å². The number of aryl methyl sites for hydroxylation is 1. The van der Waals surface area contributed by atoms with Crippen molar-refractivity contribution >= 4 is 43.5 Å². The molecular formula is C35H38BrN3O4S. The number of carbonyl (C=O) groups excluding carboxylic acids is 2. The molecule has 0 aromatic heterocycles. The van der Waals surface area contributed by atoms with E-state index < -0.39 is 28.5 Å². The predicted molar refractivity (Wildman–Crippen MR) is 179 cm³/mol. The highest BCUT2D eigenvalue weighted by Gasteiger charge is 2.34. The van der Waals surface area contributed by atoms with Crippen LogP contribution in [0, 0.1) is 12.8 Å². The third kappa shape index (κ3) is 8.80. The molecule has 0 radical (unpaired) electrons. The van der Waals surface area contributed by atoms with Gasteiger partial charge in [0.1, 0.15) is 12.6 Å². The summed E-state index contributed by atoms with van der Waals surface area (Å²) in [5.41, 5.74) is 3.01. The maximum atomic E-state index is 14.4. The Morgan fingerprint density at radius 3 is 1.98 bits per heavy atom.